The lowest BCUT2D eigenvalue weighted by Gasteiger charge is -2.14. The van der Waals surface area contributed by atoms with E-state index in [0.717, 1.165) is 24.8 Å². The zero-order valence-corrected chi connectivity index (χ0v) is 18.8. The van der Waals surface area contributed by atoms with E-state index in [2.05, 4.69) is 72.9 Å². The van der Waals surface area contributed by atoms with Crippen LogP contribution in [0.3, 0.4) is 0 Å². The number of methoxy groups -OCH3 is 1. The minimum atomic E-state index is -0.575. The summed E-state index contributed by atoms with van der Waals surface area (Å²) in [6.45, 7) is 4.35. The van der Waals surface area contributed by atoms with Gasteiger partial charge < -0.3 is 9.84 Å². The van der Waals surface area contributed by atoms with E-state index in [1.165, 1.54) is 41.5 Å². The fourth-order valence-electron chi connectivity index (χ4n) is 3.54. The van der Waals surface area contributed by atoms with Crippen LogP contribution in [0.4, 0.5) is 0 Å². The summed E-state index contributed by atoms with van der Waals surface area (Å²) < 4.78 is 4.67. The Kier molecular flexibility index (Phi) is 7.89. The van der Waals surface area contributed by atoms with E-state index in [4.69, 9.17) is 0 Å². The Morgan fingerprint density at radius 2 is 1.62 bits per heavy atom. The minimum Gasteiger partial charge on any atom is -0.507 e. The van der Waals surface area contributed by atoms with Gasteiger partial charge in [-0.05, 0) is 65.4 Å². The lowest BCUT2D eigenvalue weighted by atomic mass is 9.90. The number of aryl methyl sites for hydroxylation is 1. The third-order valence-electron chi connectivity index (χ3n) is 5.26. The molecule has 0 bridgehead atoms. The maximum atomic E-state index is 11.7. The highest BCUT2D eigenvalue weighted by atomic mass is 16.5. The quantitative estimate of drug-likeness (QED) is 0.369. The molecule has 0 amide bonds. The average molecular weight is 425 g/mol. The third kappa shape index (κ3) is 5.47. The van der Waals surface area contributed by atoms with Crippen LogP contribution in [0.2, 0.25) is 0 Å². The van der Waals surface area contributed by atoms with Gasteiger partial charge in [0.05, 0.1) is 7.11 Å². The van der Waals surface area contributed by atoms with Crippen LogP contribution in [0.1, 0.15) is 64.9 Å². The van der Waals surface area contributed by atoms with Crippen molar-refractivity contribution in [2.45, 2.75) is 33.1 Å². The molecule has 0 saturated carbocycles. The van der Waals surface area contributed by atoms with E-state index in [1.54, 1.807) is 6.07 Å². The Morgan fingerprint density at radius 1 is 0.938 bits per heavy atom. The van der Waals surface area contributed by atoms with Gasteiger partial charge in [0.25, 0.3) is 0 Å². The molecule has 0 atom stereocenters. The SMILES string of the molecule is CCC/C=C(/c1ccccc1)c1cc(C#Cc2ccc(C(=O)OC)c(O)c2)ccc1CC. The van der Waals surface area contributed by atoms with Gasteiger partial charge in [0.1, 0.15) is 11.3 Å². The second-order valence-electron chi connectivity index (χ2n) is 7.47. The first-order valence-electron chi connectivity index (χ1n) is 10.9. The lowest BCUT2D eigenvalue weighted by Crippen LogP contribution is -2.01. The van der Waals surface area contributed by atoms with E-state index in [0.29, 0.717) is 5.56 Å². The molecule has 0 unspecified atom stereocenters. The highest BCUT2D eigenvalue weighted by molar-refractivity contribution is 5.92. The number of rotatable bonds is 6. The van der Waals surface area contributed by atoms with Crippen LogP contribution in [0.5, 0.6) is 5.75 Å². The Hall–Kier alpha value is -3.77. The molecule has 0 heterocycles. The van der Waals surface area contributed by atoms with E-state index in [-0.39, 0.29) is 11.3 Å². The third-order valence-corrected chi connectivity index (χ3v) is 5.26. The van der Waals surface area contributed by atoms with Gasteiger partial charge in [0.15, 0.2) is 0 Å². The molecule has 3 nitrogen and oxygen atoms in total. The molecule has 0 spiro atoms. The maximum absolute atomic E-state index is 11.7. The number of allylic oxidation sites excluding steroid dienone is 1. The van der Waals surface area contributed by atoms with Crippen LogP contribution in [-0.4, -0.2) is 18.2 Å². The molecule has 162 valence electrons. The fraction of sp³-hybridized carbons (Fsp3) is 0.207. The molecule has 0 radical (unpaired) electrons. The number of hydrogen-bond acceptors (Lipinski definition) is 3. The van der Waals surface area contributed by atoms with Crippen molar-refractivity contribution in [1.82, 2.24) is 0 Å². The van der Waals surface area contributed by atoms with Crippen molar-refractivity contribution in [2.24, 2.45) is 0 Å². The van der Waals surface area contributed by atoms with Crippen LogP contribution >= 0.6 is 0 Å². The number of unbranched alkanes of at least 4 members (excludes halogenated alkanes) is 1. The first-order chi connectivity index (χ1) is 15.6. The van der Waals surface area contributed by atoms with Crippen LogP contribution in [-0.2, 0) is 11.2 Å². The van der Waals surface area contributed by atoms with Gasteiger partial charge >= 0.3 is 5.97 Å². The van der Waals surface area contributed by atoms with Crippen molar-refractivity contribution in [2.75, 3.05) is 7.11 Å². The zero-order valence-electron chi connectivity index (χ0n) is 18.8. The fourth-order valence-corrected chi connectivity index (χ4v) is 3.54. The maximum Gasteiger partial charge on any atom is 0.341 e. The Labute approximate surface area is 190 Å². The summed E-state index contributed by atoms with van der Waals surface area (Å²) in [5.74, 6) is 5.58. The molecule has 3 rings (SSSR count). The number of hydrogen-bond donors (Lipinski definition) is 1. The standard InChI is InChI=1S/C29H28O3/c1-4-6-12-25(24-10-8-7-9-11-24)27-19-21(15-17-23(27)5-2)13-14-22-16-18-26(28(30)20-22)29(31)32-3/h7-12,15-20,30H,4-6H2,1-3H3/b25-12-. The van der Waals surface area contributed by atoms with Gasteiger partial charge in [0, 0.05) is 11.1 Å². The lowest BCUT2D eigenvalue weighted by molar-refractivity contribution is 0.0597. The molecular weight excluding hydrogens is 396 g/mol. The Bertz CT molecular complexity index is 1180. The average Bonchev–Trinajstić information content (AvgIpc) is 2.83. The van der Waals surface area contributed by atoms with Gasteiger partial charge in [-0.25, -0.2) is 4.79 Å². The normalized spacial score (nSPS) is 10.9. The van der Waals surface area contributed by atoms with E-state index < -0.39 is 5.97 Å². The van der Waals surface area contributed by atoms with E-state index in [1.807, 2.05) is 12.1 Å². The number of aromatic hydroxyl groups is 1. The minimum absolute atomic E-state index is 0.126. The van der Waals surface area contributed by atoms with Gasteiger partial charge in [-0.15, -0.1) is 0 Å². The van der Waals surface area contributed by atoms with Crippen molar-refractivity contribution in [3.63, 3.8) is 0 Å². The summed E-state index contributed by atoms with van der Waals surface area (Å²) in [5, 5.41) is 10.1. The molecule has 3 aromatic rings. The van der Waals surface area contributed by atoms with Gasteiger partial charge in [0.2, 0.25) is 0 Å². The molecule has 0 aromatic heterocycles. The first kappa shape index (κ1) is 22.9. The van der Waals surface area contributed by atoms with Crippen LogP contribution in [0.25, 0.3) is 5.57 Å². The highest BCUT2D eigenvalue weighted by Crippen LogP contribution is 2.29. The van der Waals surface area contributed by atoms with Crippen molar-refractivity contribution >= 4 is 11.5 Å². The number of carbonyl (C=O) groups excluding carboxylic acids is 1. The number of phenolic OH excluding ortho intramolecular Hbond substituents is 1. The summed E-state index contributed by atoms with van der Waals surface area (Å²) in [4.78, 5) is 11.7. The predicted octanol–water partition coefficient (Wildman–Crippen LogP) is 6.37. The van der Waals surface area contributed by atoms with Crippen LogP contribution in [0.15, 0.2) is 72.8 Å². The molecular formula is C29H28O3. The number of carbonyl (C=O) groups is 1. The van der Waals surface area contributed by atoms with Crippen molar-refractivity contribution in [3.8, 4) is 17.6 Å². The molecule has 32 heavy (non-hydrogen) atoms. The molecule has 0 aliphatic carbocycles. The van der Waals surface area contributed by atoms with Crippen molar-refractivity contribution in [3.05, 3.63) is 106 Å². The summed E-state index contributed by atoms with van der Waals surface area (Å²) in [5.41, 5.74) is 6.55. The zero-order chi connectivity index (χ0) is 22.9. The smallest absolute Gasteiger partial charge is 0.341 e. The summed E-state index contributed by atoms with van der Waals surface area (Å²) in [7, 11) is 1.28. The molecule has 0 aliphatic heterocycles. The van der Waals surface area contributed by atoms with Crippen molar-refractivity contribution in [1.29, 1.82) is 0 Å². The predicted molar refractivity (Wildman–Crippen MR) is 130 cm³/mol. The monoisotopic (exact) mass is 424 g/mol. The van der Waals surface area contributed by atoms with E-state index >= 15 is 0 Å². The Balaban J connectivity index is 2.00. The number of ether oxygens (including phenoxy) is 1. The van der Waals surface area contributed by atoms with Crippen molar-refractivity contribution < 1.29 is 14.6 Å². The molecule has 0 saturated heterocycles. The highest BCUT2D eigenvalue weighted by Gasteiger charge is 2.12. The van der Waals surface area contributed by atoms with Gasteiger partial charge in [-0.1, -0.05) is 74.6 Å². The van der Waals surface area contributed by atoms with Crippen LogP contribution in [0, 0.1) is 11.8 Å². The largest absolute Gasteiger partial charge is 0.507 e. The molecule has 0 fully saturated rings. The molecule has 0 aliphatic rings. The number of phenols is 1. The summed E-state index contributed by atoms with van der Waals surface area (Å²) in [6, 6.07) is 21.5. The molecule has 3 aromatic carbocycles. The first-order valence-corrected chi connectivity index (χ1v) is 10.9. The van der Waals surface area contributed by atoms with Gasteiger partial charge in [-0.2, -0.15) is 0 Å². The second-order valence-corrected chi connectivity index (χ2v) is 7.47. The second kappa shape index (κ2) is 11.0. The van der Waals surface area contributed by atoms with E-state index in [9.17, 15) is 9.90 Å². The number of esters is 1. The molecule has 3 heteroatoms. The van der Waals surface area contributed by atoms with Gasteiger partial charge in [-0.3, -0.25) is 0 Å². The molecule has 1 N–H and O–H groups in total. The Morgan fingerprint density at radius 3 is 2.25 bits per heavy atom. The topological polar surface area (TPSA) is 46.5 Å². The summed E-state index contributed by atoms with van der Waals surface area (Å²) >= 11 is 0. The van der Waals surface area contributed by atoms with Crippen LogP contribution < -0.4 is 0 Å². The summed E-state index contributed by atoms with van der Waals surface area (Å²) in [6.07, 6.45) is 5.34. The number of benzene rings is 3.